The molecule has 0 aliphatic rings. The first-order valence-corrected chi connectivity index (χ1v) is 4.89. The number of nitrogens with one attached hydrogen (secondary N) is 1. The quantitative estimate of drug-likeness (QED) is 0.207. The van der Waals surface area contributed by atoms with Crippen molar-refractivity contribution in [2.24, 2.45) is 5.73 Å². The summed E-state index contributed by atoms with van der Waals surface area (Å²) in [5.41, 5.74) is 5.37. The number of nitrogens with two attached hydrogens (primary N) is 1. The van der Waals surface area contributed by atoms with E-state index < -0.39 is 24.5 Å². The third-order valence-corrected chi connectivity index (χ3v) is 1.78. The topological polar surface area (TPSA) is 119 Å². The predicted octanol–water partition coefficient (Wildman–Crippen LogP) is -0.795. The Morgan fingerprint density at radius 1 is 1.44 bits per heavy atom. The van der Waals surface area contributed by atoms with Crippen LogP contribution in [0.25, 0.3) is 0 Å². The van der Waals surface area contributed by atoms with Crippen LogP contribution in [0.4, 0.5) is 0 Å². The highest BCUT2D eigenvalue weighted by Gasteiger charge is 2.06. The standard InChI is InChI=1S/C9H16N2O5/c10-7(16-6-12)3-1-2-4-11-8(13)5-9(14)15/h6-7H,1-5,10H2,(H,11,13)(H,14,15). The molecule has 0 saturated heterocycles. The lowest BCUT2D eigenvalue weighted by molar-refractivity contribution is -0.140. The summed E-state index contributed by atoms with van der Waals surface area (Å²) < 4.78 is 4.45. The number of ether oxygens (including phenoxy) is 1. The summed E-state index contributed by atoms with van der Waals surface area (Å²) in [6.07, 6.45) is 0.706. The Bertz CT molecular complexity index is 244. The summed E-state index contributed by atoms with van der Waals surface area (Å²) in [4.78, 5) is 30.9. The van der Waals surface area contributed by atoms with Crippen LogP contribution in [0.3, 0.4) is 0 Å². The van der Waals surface area contributed by atoms with Crippen molar-refractivity contribution in [2.45, 2.75) is 31.9 Å². The van der Waals surface area contributed by atoms with Crippen molar-refractivity contribution in [3.63, 3.8) is 0 Å². The fraction of sp³-hybridized carbons (Fsp3) is 0.667. The Kier molecular flexibility index (Phi) is 7.78. The summed E-state index contributed by atoms with van der Waals surface area (Å²) in [5.74, 6) is -1.67. The Morgan fingerprint density at radius 3 is 2.69 bits per heavy atom. The molecule has 7 nitrogen and oxygen atoms in total. The second kappa shape index (κ2) is 8.66. The van der Waals surface area contributed by atoms with Gasteiger partial charge in [-0.15, -0.1) is 0 Å². The maximum atomic E-state index is 10.9. The van der Waals surface area contributed by atoms with Crippen LogP contribution in [-0.4, -0.2) is 36.2 Å². The maximum absolute atomic E-state index is 10.9. The van der Waals surface area contributed by atoms with Gasteiger partial charge >= 0.3 is 5.97 Å². The van der Waals surface area contributed by atoms with Gasteiger partial charge in [0.25, 0.3) is 6.47 Å². The van der Waals surface area contributed by atoms with Crippen LogP contribution in [0.1, 0.15) is 25.7 Å². The molecule has 0 radical (unpaired) electrons. The lowest BCUT2D eigenvalue weighted by atomic mass is 10.2. The van der Waals surface area contributed by atoms with E-state index in [0.29, 0.717) is 32.3 Å². The van der Waals surface area contributed by atoms with Crippen molar-refractivity contribution in [3.05, 3.63) is 0 Å². The molecule has 0 rings (SSSR count). The molecule has 4 N–H and O–H groups in total. The van der Waals surface area contributed by atoms with Crippen LogP contribution in [-0.2, 0) is 19.1 Å². The second-order valence-corrected chi connectivity index (χ2v) is 3.19. The molecule has 0 aromatic heterocycles. The molecule has 0 aromatic carbocycles. The van der Waals surface area contributed by atoms with Gasteiger partial charge in [-0.05, 0) is 19.3 Å². The molecule has 16 heavy (non-hydrogen) atoms. The van der Waals surface area contributed by atoms with E-state index >= 15 is 0 Å². The summed E-state index contributed by atoms with van der Waals surface area (Å²) in [6.45, 7) is 0.680. The summed E-state index contributed by atoms with van der Waals surface area (Å²) >= 11 is 0. The molecule has 0 heterocycles. The van der Waals surface area contributed by atoms with Gasteiger partial charge in [0.05, 0.1) is 0 Å². The lowest BCUT2D eigenvalue weighted by Crippen LogP contribution is -2.27. The average molecular weight is 232 g/mol. The minimum Gasteiger partial charge on any atom is -0.481 e. The second-order valence-electron chi connectivity index (χ2n) is 3.19. The fourth-order valence-corrected chi connectivity index (χ4v) is 1.04. The minimum absolute atomic E-state index is 0.291. The van der Waals surface area contributed by atoms with E-state index in [1.54, 1.807) is 0 Å². The van der Waals surface area contributed by atoms with Crippen LogP contribution in [0.5, 0.6) is 0 Å². The van der Waals surface area contributed by atoms with Crippen LogP contribution in [0, 0.1) is 0 Å². The zero-order valence-corrected chi connectivity index (χ0v) is 8.85. The lowest BCUT2D eigenvalue weighted by Gasteiger charge is -2.08. The number of carboxylic acids is 1. The number of aliphatic carboxylic acids is 1. The number of hydrogen-bond donors (Lipinski definition) is 3. The van der Waals surface area contributed by atoms with E-state index in [4.69, 9.17) is 10.8 Å². The van der Waals surface area contributed by atoms with Gasteiger partial charge in [-0.25, -0.2) is 0 Å². The van der Waals surface area contributed by atoms with E-state index in [2.05, 4.69) is 10.1 Å². The molecule has 0 spiro atoms. The fourth-order valence-electron chi connectivity index (χ4n) is 1.04. The van der Waals surface area contributed by atoms with Crippen LogP contribution in [0.2, 0.25) is 0 Å². The van der Waals surface area contributed by atoms with Crippen molar-refractivity contribution in [1.29, 1.82) is 0 Å². The van der Waals surface area contributed by atoms with Gasteiger partial charge in [0.2, 0.25) is 5.91 Å². The van der Waals surface area contributed by atoms with Gasteiger partial charge in [0, 0.05) is 6.54 Å². The maximum Gasteiger partial charge on any atom is 0.312 e. The Balaban J connectivity index is 3.36. The molecule has 7 heteroatoms. The first kappa shape index (κ1) is 14.4. The number of rotatable bonds is 9. The van der Waals surface area contributed by atoms with E-state index in [0.717, 1.165) is 0 Å². The molecule has 0 fully saturated rings. The van der Waals surface area contributed by atoms with Crippen molar-refractivity contribution in [3.8, 4) is 0 Å². The highest BCUT2D eigenvalue weighted by molar-refractivity contribution is 5.93. The van der Waals surface area contributed by atoms with Gasteiger partial charge in [0.15, 0.2) is 6.23 Å². The summed E-state index contributed by atoms with van der Waals surface area (Å²) in [6, 6.07) is 0. The highest BCUT2D eigenvalue weighted by Crippen LogP contribution is 1.98. The van der Waals surface area contributed by atoms with Gasteiger partial charge in [0.1, 0.15) is 6.42 Å². The number of unbranched alkanes of at least 4 members (excludes halogenated alkanes) is 1. The first-order chi connectivity index (χ1) is 7.56. The number of carbonyl (C=O) groups excluding carboxylic acids is 2. The molecule has 1 unspecified atom stereocenters. The van der Waals surface area contributed by atoms with Gasteiger partial charge in [-0.2, -0.15) is 0 Å². The normalized spacial score (nSPS) is 11.6. The van der Waals surface area contributed by atoms with Crippen molar-refractivity contribution in [1.82, 2.24) is 5.32 Å². The van der Waals surface area contributed by atoms with Gasteiger partial charge in [-0.3, -0.25) is 20.1 Å². The van der Waals surface area contributed by atoms with Crippen molar-refractivity contribution >= 4 is 18.3 Å². The van der Waals surface area contributed by atoms with E-state index in [-0.39, 0.29) is 0 Å². The molecule has 0 aliphatic carbocycles. The SMILES string of the molecule is NC(CCCCNC(=O)CC(=O)O)OC=O. The number of carbonyl (C=O) groups is 3. The molecule has 1 amide bonds. The largest absolute Gasteiger partial charge is 0.481 e. The zero-order valence-electron chi connectivity index (χ0n) is 8.85. The average Bonchev–Trinajstić information content (AvgIpc) is 2.16. The number of carboxylic acid groups (broad SMARTS) is 1. The molecule has 92 valence electrons. The molecular formula is C9H16N2O5. The third kappa shape index (κ3) is 8.95. The Morgan fingerprint density at radius 2 is 2.12 bits per heavy atom. The third-order valence-electron chi connectivity index (χ3n) is 1.78. The van der Waals surface area contributed by atoms with Crippen LogP contribution in [0.15, 0.2) is 0 Å². The summed E-state index contributed by atoms with van der Waals surface area (Å²) in [5, 5.41) is 10.7. The molecule has 0 saturated carbocycles. The predicted molar refractivity (Wildman–Crippen MR) is 54.2 cm³/mol. The van der Waals surface area contributed by atoms with E-state index in [1.807, 2.05) is 0 Å². The smallest absolute Gasteiger partial charge is 0.312 e. The van der Waals surface area contributed by atoms with Crippen molar-refractivity contribution in [2.75, 3.05) is 6.54 Å². The molecule has 0 aliphatic heterocycles. The molecule has 0 bridgehead atoms. The molecule has 1 atom stereocenters. The van der Waals surface area contributed by atoms with Crippen LogP contribution >= 0.6 is 0 Å². The highest BCUT2D eigenvalue weighted by atomic mass is 16.5. The Labute approximate surface area is 92.9 Å². The van der Waals surface area contributed by atoms with Gasteiger partial charge in [-0.1, -0.05) is 0 Å². The minimum atomic E-state index is -1.15. The first-order valence-electron chi connectivity index (χ1n) is 4.89. The zero-order chi connectivity index (χ0) is 12.4. The van der Waals surface area contributed by atoms with Gasteiger partial charge < -0.3 is 15.2 Å². The van der Waals surface area contributed by atoms with E-state index in [9.17, 15) is 14.4 Å². The molecular weight excluding hydrogens is 216 g/mol. The van der Waals surface area contributed by atoms with E-state index in [1.165, 1.54) is 0 Å². The number of hydrogen-bond acceptors (Lipinski definition) is 5. The van der Waals surface area contributed by atoms with Crippen LogP contribution < -0.4 is 11.1 Å². The molecule has 0 aromatic rings. The monoisotopic (exact) mass is 232 g/mol. The van der Waals surface area contributed by atoms with Crippen molar-refractivity contribution < 1.29 is 24.2 Å². The Hall–Kier alpha value is -1.63. The number of amides is 1. The summed E-state index contributed by atoms with van der Waals surface area (Å²) in [7, 11) is 0.